The van der Waals surface area contributed by atoms with Gasteiger partial charge in [-0.25, -0.2) is 0 Å². The molecule has 1 aromatic carbocycles. The Bertz CT molecular complexity index is 440. The first-order valence-corrected chi connectivity index (χ1v) is 6.14. The Morgan fingerprint density at radius 1 is 1.41 bits per heavy atom. The van der Waals surface area contributed by atoms with Crippen molar-refractivity contribution < 1.29 is 9.53 Å². The second kappa shape index (κ2) is 3.76. The summed E-state index contributed by atoms with van der Waals surface area (Å²) in [4.78, 5) is 11.6. The predicted molar refractivity (Wildman–Crippen MR) is 64.9 cm³/mol. The van der Waals surface area contributed by atoms with E-state index in [0.29, 0.717) is 0 Å². The monoisotopic (exact) mass is 231 g/mol. The van der Waals surface area contributed by atoms with Gasteiger partial charge in [0, 0.05) is 17.9 Å². The van der Waals surface area contributed by atoms with Gasteiger partial charge in [-0.3, -0.25) is 4.79 Å². The summed E-state index contributed by atoms with van der Waals surface area (Å²) in [7, 11) is 1.68. The van der Waals surface area contributed by atoms with Crippen molar-refractivity contribution in [3.8, 4) is 5.75 Å². The van der Waals surface area contributed by atoms with E-state index in [9.17, 15) is 4.79 Å². The molecule has 2 atom stereocenters. The van der Waals surface area contributed by atoms with E-state index in [4.69, 9.17) is 4.74 Å². The molecule has 3 nitrogen and oxygen atoms in total. The third-order valence-corrected chi connectivity index (χ3v) is 4.32. The third-order valence-electron chi connectivity index (χ3n) is 4.32. The number of nitrogens with one attached hydrogen (secondary N) is 1. The first kappa shape index (κ1) is 10.6. The molecule has 1 aliphatic carbocycles. The van der Waals surface area contributed by atoms with Gasteiger partial charge in [-0.15, -0.1) is 0 Å². The normalized spacial score (nSPS) is 30.4. The number of carbonyl (C=O) groups excluding carboxylic acids is 1. The first-order chi connectivity index (χ1) is 8.23. The lowest BCUT2D eigenvalue weighted by atomic mass is 9.59. The predicted octanol–water partition coefficient (Wildman–Crippen LogP) is 1.76. The van der Waals surface area contributed by atoms with E-state index in [1.165, 1.54) is 12.0 Å². The highest BCUT2D eigenvalue weighted by Gasteiger charge is 2.54. The van der Waals surface area contributed by atoms with Crippen LogP contribution in [0.15, 0.2) is 24.3 Å². The second-order valence-electron chi connectivity index (χ2n) is 5.20. The molecule has 1 saturated heterocycles. The van der Waals surface area contributed by atoms with Gasteiger partial charge in [0.2, 0.25) is 5.91 Å². The summed E-state index contributed by atoms with van der Waals surface area (Å²) < 4.78 is 5.15. The van der Waals surface area contributed by atoms with Crippen LogP contribution in [-0.4, -0.2) is 19.6 Å². The zero-order valence-corrected chi connectivity index (χ0v) is 10.0. The molecule has 1 heterocycles. The highest BCUT2D eigenvalue weighted by Crippen LogP contribution is 2.51. The molecule has 3 heteroatoms. The van der Waals surface area contributed by atoms with Crippen LogP contribution in [0.4, 0.5) is 0 Å². The molecule has 0 bridgehead atoms. The molecule has 2 fully saturated rings. The van der Waals surface area contributed by atoms with E-state index in [2.05, 4.69) is 17.4 Å². The topological polar surface area (TPSA) is 38.3 Å². The Kier molecular flexibility index (Phi) is 2.35. The van der Waals surface area contributed by atoms with Crippen LogP contribution in [0.25, 0.3) is 0 Å². The van der Waals surface area contributed by atoms with Crippen molar-refractivity contribution in [2.24, 2.45) is 11.3 Å². The minimum absolute atomic E-state index is 0.200. The zero-order chi connectivity index (χ0) is 11.9. The number of hydrogen-bond acceptors (Lipinski definition) is 2. The minimum Gasteiger partial charge on any atom is -0.497 e. The number of carbonyl (C=O) groups is 1. The fraction of sp³-hybridized carbons (Fsp3) is 0.500. The van der Waals surface area contributed by atoms with Gasteiger partial charge >= 0.3 is 0 Å². The quantitative estimate of drug-likeness (QED) is 0.861. The van der Waals surface area contributed by atoms with Gasteiger partial charge in [0.1, 0.15) is 5.75 Å². The summed E-state index contributed by atoms with van der Waals surface area (Å²) in [6, 6.07) is 8.19. The van der Waals surface area contributed by atoms with Crippen LogP contribution in [-0.2, 0) is 11.2 Å². The molecule has 0 radical (unpaired) electrons. The average molecular weight is 231 g/mol. The maximum atomic E-state index is 11.6. The molecular formula is C14H17NO2. The molecule has 0 aromatic heterocycles. The van der Waals surface area contributed by atoms with E-state index in [-0.39, 0.29) is 17.2 Å². The fourth-order valence-electron chi connectivity index (χ4n) is 3.13. The SMILES string of the molecule is COc1ccc(CC23CCC2C(=O)NC3)cc1. The van der Waals surface area contributed by atoms with Crippen molar-refractivity contribution >= 4 is 5.91 Å². The van der Waals surface area contributed by atoms with Crippen LogP contribution in [0.2, 0.25) is 0 Å². The lowest BCUT2D eigenvalue weighted by Gasteiger charge is -2.42. The van der Waals surface area contributed by atoms with Crippen LogP contribution in [0.5, 0.6) is 5.75 Å². The molecule has 0 spiro atoms. The zero-order valence-electron chi connectivity index (χ0n) is 10.0. The lowest BCUT2D eigenvalue weighted by Crippen LogP contribution is -2.42. The van der Waals surface area contributed by atoms with E-state index in [1.54, 1.807) is 7.11 Å². The van der Waals surface area contributed by atoms with Gasteiger partial charge in [-0.2, -0.15) is 0 Å². The molecule has 1 aromatic rings. The fourth-order valence-corrected chi connectivity index (χ4v) is 3.13. The first-order valence-electron chi connectivity index (χ1n) is 6.14. The van der Waals surface area contributed by atoms with Crippen LogP contribution in [0.3, 0.4) is 0 Å². The highest BCUT2D eigenvalue weighted by molar-refractivity contribution is 5.83. The van der Waals surface area contributed by atoms with Gasteiger partial charge in [0.15, 0.2) is 0 Å². The van der Waals surface area contributed by atoms with Gasteiger partial charge in [-0.05, 0) is 37.0 Å². The standard InChI is InChI=1S/C14H17NO2/c1-17-11-4-2-10(3-5-11)8-14-7-6-12(14)13(16)15-9-14/h2-5,12H,6-9H2,1H3,(H,15,16). The average Bonchev–Trinajstić information content (AvgIpc) is 2.53. The summed E-state index contributed by atoms with van der Waals surface area (Å²) in [5.74, 6) is 1.39. The summed E-state index contributed by atoms with van der Waals surface area (Å²) in [5, 5.41) is 3.00. The summed E-state index contributed by atoms with van der Waals surface area (Å²) >= 11 is 0. The van der Waals surface area contributed by atoms with Crippen molar-refractivity contribution in [3.63, 3.8) is 0 Å². The number of hydrogen-bond donors (Lipinski definition) is 1. The van der Waals surface area contributed by atoms with Crippen molar-refractivity contribution in [1.82, 2.24) is 5.32 Å². The highest BCUT2D eigenvalue weighted by atomic mass is 16.5. The number of methoxy groups -OCH3 is 1. The van der Waals surface area contributed by atoms with Crippen molar-refractivity contribution in [2.75, 3.05) is 13.7 Å². The molecule has 17 heavy (non-hydrogen) atoms. The van der Waals surface area contributed by atoms with Crippen molar-refractivity contribution in [2.45, 2.75) is 19.3 Å². The van der Waals surface area contributed by atoms with Gasteiger partial charge in [0.25, 0.3) is 0 Å². The molecule has 3 rings (SSSR count). The molecule has 2 aliphatic rings. The lowest BCUT2D eigenvalue weighted by molar-refractivity contribution is -0.127. The van der Waals surface area contributed by atoms with Crippen LogP contribution in [0, 0.1) is 11.3 Å². The third kappa shape index (κ3) is 1.61. The van der Waals surface area contributed by atoms with E-state index < -0.39 is 0 Å². The molecule has 1 N–H and O–H groups in total. The number of ether oxygens (including phenoxy) is 1. The van der Waals surface area contributed by atoms with Crippen LogP contribution in [0.1, 0.15) is 18.4 Å². The summed E-state index contributed by atoms with van der Waals surface area (Å²) in [5.41, 5.74) is 1.50. The van der Waals surface area contributed by atoms with E-state index in [0.717, 1.165) is 25.1 Å². The van der Waals surface area contributed by atoms with Crippen LogP contribution >= 0.6 is 0 Å². The summed E-state index contributed by atoms with van der Waals surface area (Å²) in [6.45, 7) is 0.850. The van der Waals surface area contributed by atoms with Gasteiger partial charge < -0.3 is 10.1 Å². The summed E-state index contributed by atoms with van der Waals surface area (Å²) in [6.07, 6.45) is 3.23. The Balaban J connectivity index is 1.76. The second-order valence-corrected chi connectivity index (χ2v) is 5.20. The number of benzene rings is 1. The minimum atomic E-state index is 0.200. The molecule has 2 unspecified atom stereocenters. The number of fused-ring (bicyclic) bond motifs is 1. The Morgan fingerprint density at radius 3 is 2.71 bits per heavy atom. The van der Waals surface area contributed by atoms with Crippen molar-refractivity contribution in [3.05, 3.63) is 29.8 Å². The Hall–Kier alpha value is -1.51. The van der Waals surface area contributed by atoms with E-state index in [1.807, 2.05) is 12.1 Å². The number of rotatable bonds is 3. The molecule has 90 valence electrons. The van der Waals surface area contributed by atoms with Crippen LogP contribution < -0.4 is 10.1 Å². The maximum absolute atomic E-state index is 11.6. The smallest absolute Gasteiger partial charge is 0.223 e. The molecule has 1 aliphatic heterocycles. The number of amides is 1. The largest absolute Gasteiger partial charge is 0.497 e. The Morgan fingerprint density at radius 2 is 2.18 bits per heavy atom. The van der Waals surface area contributed by atoms with Gasteiger partial charge in [0.05, 0.1) is 7.11 Å². The molecule has 1 saturated carbocycles. The maximum Gasteiger partial charge on any atom is 0.223 e. The molecule has 1 amide bonds. The van der Waals surface area contributed by atoms with Crippen molar-refractivity contribution in [1.29, 1.82) is 0 Å². The Labute approximate surface area is 101 Å². The van der Waals surface area contributed by atoms with E-state index >= 15 is 0 Å². The van der Waals surface area contributed by atoms with Gasteiger partial charge in [-0.1, -0.05) is 12.1 Å². The molecular weight excluding hydrogens is 214 g/mol.